The summed E-state index contributed by atoms with van der Waals surface area (Å²) in [5.41, 5.74) is 10.7. The summed E-state index contributed by atoms with van der Waals surface area (Å²) in [7, 11) is 0. The molecule has 0 radical (unpaired) electrons. The number of nitrogens with two attached hydrogens (primary N) is 1. The summed E-state index contributed by atoms with van der Waals surface area (Å²) >= 11 is 0. The zero-order valence-electron chi connectivity index (χ0n) is 16.1. The van der Waals surface area contributed by atoms with Crippen LogP contribution in [0.1, 0.15) is 16.7 Å². The third-order valence-electron chi connectivity index (χ3n) is 4.90. The predicted molar refractivity (Wildman–Crippen MR) is 112 cm³/mol. The summed E-state index contributed by atoms with van der Waals surface area (Å²) in [6.07, 6.45) is 1.35. The van der Waals surface area contributed by atoms with Crippen LogP contribution in [0.25, 0.3) is 22.1 Å². The minimum absolute atomic E-state index is 0.120. The Morgan fingerprint density at radius 2 is 1.87 bits per heavy atom. The van der Waals surface area contributed by atoms with Crippen LogP contribution in [0, 0.1) is 5.82 Å². The van der Waals surface area contributed by atoms with Crippen molar-refractivity contribution in [2.24, 2.45) is 5.73 Å². The van der Waals surface area contributed by atoms with Gasteiger partial charge in [-0.05, 0) is 41.0 Å². The predicted octanol–water partition coefficient (Wildman–Crippen LogP) is 4.90. The van der Waals surface area contributed by atoms with Crippen molar-refractivity contribution in [1.82, 2.24) is 0 Å². The summed E-state index contributed by atoms with van der Waals surface area (Å²) in [6, 6.07) is 17.7. The van der Waals surface area contributed by atoms with Gasteiger partial charge in [0.2, 0.25) is 0 Å². The van der Waals surface area contributed by atoms with E-state index in [1.165, 1.54) is 18.2 Å². The van der Waals surface area contributed by atoms with Gasteiger partial charge in [0, 0.05) is 29.1 Å². The second-order valence-corrected chi connectivity index (χ2v) is 6.99. The Morgan fingerprint density at radius 1 is 1.03 bits per heavy atom. The van der Waals surface area contributed by atoms with Crippen LogP contribution in [0.15, 0.2) is 71.3 Å². The number of hydrogen-bond donors (Lipinski definition) is 2. The highest BCUT2D eigenvalue weighted by molar-refractivity contribution is 5.86. The van der Waals surface area contributed by atoms with Gasteiger partial charge in [-0.2, -0.15) is 0 Å². The molecule has 5 nitrogen and oxygen atoms in total. The average Bonchev–Trinajstić information content (AvgIpc) is 3.16. The van der Waals surface area contributed by atoms with E-state index in [-0.39, 0.29) is 18.8 Å². The van der Waals surface area contributed by atoms with Gasteiger partial charge in [-0.25, -0.2) is 4.39 Å². The van der Waals surface area contributed by atoms with E-state index in [0.29, 0.717) is 17.7 Å². The van der Waals surface area contributed by atoms with Crippen molar-refractivity contribution < 1.29 is 23.4 Å². The molecule has 0 unspecified atom stereocenters. The van der Waals surface area contributed by atoms with Gasteiger partial charge >= 0.3 is 5.97 Å². The monoisotopic (exact) mass is 405 g/mol. The second-order valence-electron chi connectivity index (χ2n) is 6.99. The molecule has 0 fully saturated rings. The number of aliphatic carboxylic acids is 1. The van der Waals surface area contributed by atoms with E-state index < -0.39 is 11.8 Å². The zero-order valence-corrected chi connectivity index (χ0v) is 16.1. The lowest BCUT2D eigenvalue weighted by Crippen LogP contribution is -2.04. The fourth-order valence-electron chi connectivity index (χ4n) is 3.38. The number of carboxylic acids is 1. The quantitative estimate of drug-likeness (QED) is 0.457. The Kier molecular flexibility index (Phi) is 5.50. The lowest BCUT2D eigenvalue weighted by Gasteiger charge is -2.10. The summed E-state index contributed by atoms with van der Waals surface area (Å²) in [6.45, 7) is 0.586. The van der Waals surface area contributed by atoms with Crippen molar-refractivity contribution in [3.63, 3.8) is 0 Å². The minimum atomic E-state index is -1.01. The van der Waals surface area contributed by atoms with Gasteiger partial charge < -0.3 is 20.0 Å². The van der Waals surface area contributed by atoms with Gasteiger partial charge in [-0.15, -0.1) is 0 Å². The van der Waals surface area contributed by atoms with E-state index in [9.17, 15) is 9.18 Å². The molecule has 30 heavy (non-hydrogen) atoms. The van der Waals surface area contributed by atoms with E-state index in [0.717, 1.165) is 27.6 Å². The molecule has 1 heterocycles. The van der Waals surface area contributed by atoms with Gasteiger partial charge in [-0.3, -0.25) is 4.79 Å². The minimum Gasteiger partial charge on any atom is -0.488 e. The third-order valence-corrected chi connectivity index (χ3v) is 4.90. The van der Waals surface area contributed by atoms with Crippen LogP contribution in [-0.2, 0) is 24.4 Å². The SMILES string of the molecule is NCc1cccc(-c2ccc3occ(COc4cc(F)ccc4CC(=O)O)c3c2)c1. The molecule has 3 N–H and O–H groups in total. The molecule has 152 valence electrons. The van der Waals surface area contributed by atoms with Crippen LogP contribution in [-0.4, -0.2) is 11.1 Å². The topological polar surface area (TPSA) is 85.7 Å². The molecule has 1 aromatic heterocycles. The molecule has 0 aliphatic heterocycles. The molecule has 0 atom stereocenters. The molecule has 3 aromatic carbocycles. The fourth-order valence-corrected chi connectivity index (χ4v) is 3.38. The second kappa shape index (κ2) is 8.39. The molecule has 0 saturated heterocycles. The molecule has 0 aliphatic rings. The Balaban J connectivity index is 1.63. The first kappa shape index (κ1) is 19.7. The number of halogens is 1. The smallest absolute Gasteiger partial charge is 0.307 e. The number of furan rings is 1. The Morgan fingerprint density at radius 3 is 2.67 bits per heavy atom. The standard InChI is InChI=1S/C24H20FNO4/c25-20-6-4-18(10-24(27)28)23(11-20)30-14-19-13-29-22-7-5-17(9-21(19)22)16-3-1-2-15(8-16)12-26/h1-9,11,13H,10,12,14,26H2,(H,27,28). The highest BCUT2D eigenvalue weighted by Gasteiger charge is 2.13. The van der Waals surface area contributed by atoms with E-state index in [2.05, 4.69) is 0 Å². The molecule has 4 aromatic rings. The van der Waals surface area contributed by atoms with E-state index in [1.54, 1.807) is 6.26 Å². The van der Waals surface area contributed by atoms with Gasteiger partial charge in [0.25, 0.3) is 0 Å². The molecule has 6 heteroatoms. The number of fused-ring (bicyclic) bond motifs is 1. The summed E-state index contributed by atoms with van der Waals surface area (Å²) in [5, 5.41) is 9.93. The largest absolute Gasteiger partial charge is 0.488 e. The molecule has 0 bridgehead atoms. The van der Waals surface area contributed by atoms with Crippen LogP contribution in [0.2, 0.25) is 0 Å². The first-order valence-electron chi connectivity index (χ1n) is 9.46. The lowest BCUT2D eigenvalue weighted by molar-refractivity contribution is -0.136. The Hall–Kier alpha value is -3.64. The molecule has 4 rings (SSSR count). The number of rotatable bonds is 7. The summed E-state index contributed by atoms with van der Waals surface area (Å²) in [5.74, 6) is -1.29. The van der Waals surface area contributed by atoms with Crippen molar-refractivity contribution in [2.75, 3.05) is 0 Å². The molecular formula is C24H20FNO4. The Labute approximate surface area is 172 Å². The van der Waals surface area contributed by atoms with Gasteiger partial charge in [0.05, 0.1) is 12.7 Å². The molecule has 0 amide bonds. The molecule has 0 aliphatic carbocycles. The first-order valence-corrected chi connectivity index (χ1v) is 9.46. The number of benzene rings is 3. The molecule has 0 saturated carbocycles. The van der Waals surface area contributed by atoms with Crippen molar-refractivity contribution in [3.8, 4) is 16.9 Å². The van der Waals surface area contributed by atoms with Gasteiger partial charge in [-0.1, -0.05) is 30.3 Å². The highest BCUT2D eigenvalue weighted by Crippen LogP contribution is 2.30. The van der Waals surface area contributed by atoms with Crippen molar-refractivity contribution in [1.29, 1.82) is 0 Å². The number of ether oxygens (including phenoxy) is 1. The molecule has 0 spiro atoms. The maximum absolute atomic E-state index is 13.7. The van der Waals surface area contributed by atoms with Crippen LogP contribution >= 0.6 is 0 Å². The maximum atomic E-state index is 13.7. The average molecular weight is 405 g/mol. The van der Waals surface area contributed by atoms with E-state index >= 15 is 0 Å². The highest BCUT2D eigenvalue weighted by atomic mass is 19.1. The van der Waals surface area contributed by atoms with Crippen molar-refractivity contribution in [2.45, 2.75) is 19.6 Å². The van der Waals surface area contributed by atoms with Crippen LogP contribution < -0.4 is 10.5 Å². The third kappa shape index (κ3) is 4.18. The lowest BCUT2D eigenvalue weighted by atomic mass is 10.0. The Bertz CT molecular complexity index is 1220. The normalized spacial score (nSPS) is 11.0. The van der Waals surface area contributed by atoms with Crippen LogP contribution in [0.5, 0.6) is 5.75 Å². The van der Waals surface area contributed by atoms with Crippen molar-refractivity contribution in [3.05, 3.63) is 89.4 Å². The zero-order chi connectivity index (χ0) is 21.1. The summed E-state index contributed by atoms with van der Waals surface area (Å²) < 4.78 is 25.0. The van der Waals surface area contributed by atoms with E-state index in [1.807, 2.05) is 42.5 Å². The maximum Gasteiger partial charge on any atom is 0.307 e. The molecular weight excluding hydrogens is 385 g/mol. The van der Waals surface area contributed by atoms with Gasteiger partial charge in [0.1, 0.15) is 23.8 Å². The van der Waals surface area contributed by atoms with Gasteiger partial charge in [0.15, 0.2) is 0 Å². The summed E-state index contributed by atoms with van der Waals surface area (Å²) in [4.78, 5) is 11.1. The number of carboxylic acid groups (broad SMARTS) is 1. The van der Waals surface area contributed by atoms with E-state index in [4.69, 9.17) is 20.0 Å². The number of hydrogen-bond acceptors (Lipinski definition) is 4. The fraction of sp³-hybridized carbons (Fsp3) is 0.125. The van der Waals surface area contributed by atoms with Crippen LogP contribution in [0.4, 0.5) is 4.39 Å². The van der Waals surface area contributed by atoms with Crippen molar-refractivity contribution >= 4 is 16.9 Å². The first-order chi connectivity index (χ1) is 14.5. The number of carbonyl (C=O) groups is 1. The van der Waals surface area contributed by atoms with Crippen LogP contribution in [0.3, 0.4) is 0 Å².